The number of ether oxygens (including phenoxy) is 1. The summed E-state index contributed by atoms with van der Waals surface area (Å²) in [7, 11) is -3.53. The van der Waals surface area contributed by atoms with Gasteiger partial charge < -0.3 is 4.74 Å². The van der Waals surface area contributed by atoms with Gasteiger partial charge in [-0.15, -0.1) is 0 Å². The van der Waals surface area contributed by atoms with Crippen molar-refractivity contribution in [2.24, 2.45) is 0 Å². The number of nitrogens with zero attached hydrogens (tertiary/aromatic N) is 1. The minimum atomic E-state index is -3.53. The molecular formula is C11H17NO4S. The van der Waals surface area contributed by atoms with Crippen molar-refractivity contribution in [3.05, 3.63) is 23.5 Å². The van der Waals surface area contributed by atoms with E-state index >= 15 is 0 Å². The predicted octanol–water partition coefficient (Wildman–Crippen LogP) is 1.56. The highest BCUT2D eigenvalue weighted by molar-refractivity contribution is 7.90. The average molecular weight is 259 g/mol. The van der Waals surface area contributed by atoms with Gasteiger partial charge in [-0.2, -0.15) is 0 Å². The summed E-state index contributed by atoms with van der Waals surface area (Å²) in [4.78, 5) is 11.6. The fourth-order valence-corrected chi connectivity index (χ4v) is 2.53. The summed E-state index contributed by atoms with van der Waals surface area (Å²) < 4.78 is 29.9. The molecule has 0 aliphatic carbocycles. The van der Waals surface area contributed by atoms with Gasteiger partial charge >= 0.3 is 5.97 Å². The lowest BCUT2D eigenvalue weighted by molar-refractivity contribution is 0.0518. The van der Waals surface area contributed by atoms with Crippen LogP contribution in [0.2, 0.25) is 0 Å². The maximum Gasteiger partial charge on any atom is 0.355 e. The highest BCUT2D eigenvalue weighted by atomic mass is 32.2. The molecule has 1 rings (SSSR count). The summed E-state index contributed by atoms with van der Waals surface area (Å²) in [6.07, 6.45) is 1.43. The molecule has 0 spiro atoms. The lowest BCUT2D eigenvalue weighted by Crippen LogP contribution is -2.25. The van der Waals surface area contributed by atoms with Gasteiger partial charge in [0.2, 0.25) is 10.0 Å². The Morgan fingerprint density at radius 2 is 2.06 bits per heavy atom. The summed E-state index contributed by atoms with van der Waals surface area (Å²) in [5, 5.41) is -0.595. The van der Waals surface area contributed by atoms with Crippen molar-refractivity contribution in [3.63, 3.8) is 0 Å². The number of carbonyl (C=O) groups excluding carboxylic acids is 1. The molecular weight excluding hydrogens is 242 g/mol. The van der Waals surface area contributed by atoms with Crippen LogP contribution in [0.3, 0.4) is 0 Å². The zero-order valence-corrected chi connectivity index (χ0v) is 11.2. The Hall–Kier alpha value is -1.30. The Labute approximate surface area is 101 Å². The lowest BCUT2D eigenvalue weighted by Gasteiger charge is -2.12. The Morgan fingerprint density at radius 1 is 1.47 bits per heavy atom. The minimum absolute atomic E-state index is 0.0537. The number of hydrogen-bond acceptors (Lipinski definition) is 4. The summed E-state index contributed by atoms with van der Waals surface area (Å²) >= 11 is 0. The molecule has 0 saturated heterocycles. The van der Waals surface area contributed by atoms with E-state index in [1.165, 1.54) is 12.3 Å². The molecule has 1 aromatic heterocycles. The first kappa shape index (κ1) is 13.8. The summed E-state index contributed by atoms with van der Waals surface area (Å²) in [5.74, 6) is -0.621. The van der Waals surface area contributed by atoms with Crippen LogP contribution in [0.5, 0.6) is 0 Å². The third kappa shape index (κ3) is 2.69. The molecule has 0 atom stereocenters. The van der Waals surface area contributed by atoms with Gasteiger partial charge in [-0.3, -0.25) is 0 Å². The van der Waals surface area contributed by atoms with Crippen molar-refractivity contribution in [2.45, 2.75) is 32.9 Å². The predicted molar refractivity (Wildman–Crippen MR) is 64.6 cm³/mol. The lowest BCUT2D eigenvalue weighted by atomic mass is 10.3. The molecule has 0 radical (unpaired) electrons. The number of carbonyl (C=O) groups is 1. The molecule has 0 aromatic carbocycles. The van der Waals surface area contributed by atoms with Gasteiger partial charge in [0.05, 0.1) is 11.9 Å². The van der Waals surface area contributed by atoms with Gasteiger partial charge in [0.1, 0.15) is 5.69 Å². The van der Waals surface area contributed by atoms with Crippen LogP contribution in [0.15, 0.2) is 12.3 Å². The third-order valence-corrected chi connectivity index (χ3v) is 4.32. The standard InChI is InChI=1S/C11H17NO4S/c1-5-16-11(13)10-6-9(4)7-12(10)17(14,15)8(2)3/h6-8H,5H2,1-4H3. The molecule has 17 heavy (non-hydrogen) atoms. The van der Waals surface area contributed by atoms with E-state index in [0.29, 0.717) is 5.56 Å². The van der Waals surface area contributed by atoms with E-state index in [9.17, 15) is 13.2 Å². The highest BCUT2D eigenvalue weighted by Gasteiger charge is 2.25. The quantitative estimate of drug-likeness (QED) is 0.770. The third-order valence-electron chi connectivity index (χ3n) is 2.28. The van der Waals surface area contributed by atoms with E-state index < -0.39 is 21.2 Å². The fraction of sp³-hybridized carbons (Fsp3) is 0.545. The molecule has 5 nitrogen and oxygen atoms in total. The van der Waals surface area contributed by atoms with Crippen LogP contribution in [0.1, 0.15) is 36.8 Å². The monoisotopic (exact) mass is 259 g/mol. The van der Waals surface area contributed by atoms with Crippen LogP contribution in [-0.2, 0) is 14.8 Å². The van der Waals surface area contributed by atoms with E-state index in [-0.39, 0.29) is 12.3 Å². The van der Waals surface area contributed by atoms with E-state index in [0.717, 1.165) is 3.97 Å². The summed E-state index contributed by atoms with van der Waals surface area (Å²) in [6.45, 7) is 6.76. The van der Waals surface area contributed by atoms with Crippen molar-refractivity contribution in [1.82, 2.24) is 3.97 Å². The molecule has 0 unspecified atom stereocenters. The van der Waals surface area contributed by atoms with Gasteiger partial charge in [0.15, 0.2) is 0 Å². The smallest absolute Gasteiger partial charge is 0.355 e. The van der Waals surface area contributed by atoms with Crippen molar-refractivity contribution in [2.75, 3.05) is 6.61 Å². The van der Waals surface area contributed by atoms with Crippen molar-refractivity contribution >= 4 is 16.0 Å². The number of aryl methyl sites for hydroxylation is 1. The number of aromatic nitrogens is 1. The van der Waals surface area contributed by atoms with E-state index in [4.69, 9.17) is 4.74 Å². The van der Waals surface area contributed by atoms with Crippen LogP contribution in [-0.4, -0.2) is 30.2 Å². The van der Waals surface area contributed by atoms with Gasteiger partial charge in [0.25, 0.3) is 0 Å². The Balaban J connectivity index is 3.31. The Bertz CT molecular complexity index is 514. The van der Waals surface area contributed by atoms with E-state index in [2.05, 4.69) is 0 Å². The van der Waals surface area contributed by atoms with Crippen LogP contribution in [0, 0.1) is 6.92 Å². The van der Waals surface area contributed by atoms with Crippen LogP contribution < -0.4 is 0 Å². The molecule has 0 aliphatic rings. The van der Waals surface area contributed by atoms with Crippen molar-refractivity contribution < 1.29 is 17.9 Å². The van der Waals surface area contributed by atoms with Crippen molar-refractivity contribution in [1.29, 1.82) is 0 Å². The molecule has 0 amide bonds. The molecule has 0 aliphatic heterocycles. The SMILES string of the molecule is CCOC(=O)c1cc(C)cn1S(=O)(=O)C(C)C. The molecule has 0 fully saturated rings. The van der Waals surface area contributed by atoms with Crippen LogP contribution in [0.4, 0.5) is 0 Å². The number of hydrogen-bond donors (Lipinski definition) is 0. The first-order chi connectivity index (χ1) is 7.80. The molecule has 96 valence electrons. The molecule has 0 bridgehead atoms. The van der Waals surface area contributed by atoms with E-state index in [1.807, 2.05) is 0 Å². The summed E-state index contributed by atoms with van der Waals surface area (Å²) in [5.41, 5.74) is 0.760. The molecule has 1 heterocycles. The number of rotatable bonds is 4. The molecule has 6 heteroatoms. The normalized spacial score (nSPS) is 11.8. The zero-order chi connectivity index (χ0) is 13.2. The van der Waals surface area contributed by atoms with Crippen LogP contribution in [0.25, 0.3) is 0 Å². The van der Waals surface area contributed by atoms with Gasteiger partial charge in [-0.1, -0.05) is 0 Å². The van der Waals surface area contributed by atoms with Crippen molar-refractivity contribution in [3.8, 4) is 0 Å². The second-order valence-electron chi connectivity index (χ2n) is 4.01. The maximum atomic E-state index is 12.0. The Kier molecular flexibility index (Phi) is 3.98. The average Bonchev–Trinajstić information content (AvgIpc) is 2.61. The second kappa shape index (κ2) is 4.91. The van der Waals surface area contributed by atoms with E-state index in [1.54, 1.807) is 27.7 Å². The highest BCUT2D eigenvalue weighted by Crippen LogP contribution is 2.15. The number of esters is 1. The first-order valence-electron chi connectivity index (χ1n) is 5.41. The molecule has 0 saturated carbocycles. The topological polar surface area (TPSA) is 65.4 Å². The van der Waals surface area contributed by atoms with Gasteiger partial charge in [-0.05, 0) is 39.3 Å². The fourth-order valence-electron chi connectivity index (χ4n) is 1.36. The maximum absolute atomic E-state index is 12.0. The molecule has 1 aromatic rings. The van der Waals surface area contributed by atoms with Crippen LogP contribution >= 0.6 is 0 Å². The minimum Gasteiger partial charge on any atom is -0.461 e. The van der Waals surface area contributed by atoms with Gasteiger partial charge in [-0.25, -0.2) is 17.2 Å². The Morgan fingerprint density at radius 3 is 2.53 bits per heavy atom. The largest absolute Gasteiger partial charge is 0.461 e. The first-order valence-corrected chi connectivity index (χ1v) is 6.91. The molecule has 0 N–H and O–H groups in total. The second-order valence-corrected chi connectivity index (χ2v) is 6.38. The summed E-state index contributed by atoms with van der Waals surface area (Å²) in [6, 6.07) is 1.51. The zero-order valence-electron chi connectivity index (χ0n) is 10.4. The van der Waals surface area contributed by atoms with Gasteiger partial charge in [0, 0.05) is 6.20 Å².